The van der Waals surface area contributed by atoms with Crippen molar-refractivity contribution in [1.29, 1.82) is 0 Å². The minimum Gasteiger partial charge on any atom is -0.373 e. The molecule has 1 aromatic rings. The van der Waals surface area contributed by atoms with Crippen molar-refractivity contribution in [3.05, 3.63) is 35.4 Å². The van der Waals surface area contributed by atoms with Gasteiger partial charge in [-0.1, -0.05) is 29.8 Å². The van der Waals surface area contributed by atoms with E-state index in [0.29, 0.717) is 25.4 Å². The van der Waals surface area contributed by atoms with Crippen LogP contribution in [0, 0.1) is 12.8 Å². The van der Waals surface area contributed by atoms with E-state index in [4.69, 9.17) is 4.74 Å². The van der Waals surface area contributed by atoms with Gasteiger partial charge in [0.15, 0.2) is 0 Å². The van der Waals surface area contributed by atoms with Gasteiger partial charge in [-0.3, -0.25) is 4.79 Å². The van der Waals surface area contributed by atoms with E-state index in [-0.39, 0.29) is 12.0 Å². The summed E-state index contributed by atoms with van der Waals surface area (Å²) >= 11 is 0. The summed E-state index contributed by atoms with van der Waals surface area (Å²) in [4.78, 5) is 11.7. The summed E-state index contributed by atoms with van der Waals surface area (Å²) in [5.41, 5.74) is 2.47. The summed E-state index contributed by atoms with van der Waals surface area (Å²) < 4.78 is 5.97. The van der Waals surface area contributed by atoms with E-state index >= 15 is 0 Å². The number of rotatable bonds is 6. The third-order valence-electron chi connectivity index (χ3n) is 4.01. The Morgan fingerprint density at radius 3 is 2.81 bits per heavy atom. The highest BCUT2D eigenvalue weighted by atomic mass is 16.5. The van der Waals surface area contributed by atoms with Crippen molar-refractivity contribution < 1.29 is 9.53 Å². The number of hydrogen-bond donors (Lipinski definition) is 2. The van der Waals surface area contributed by atoms with Gasteiger partial charge in [0.2, 0.25) is 5.91 Å². The van der Waals surface area contributed by atoms with Gasteiger partial charge in [0.25, 0.3) is 0 Å². The highest BCUT2D eigenvalue weighted by Crippen LogP contribution is 2.33. The lowest BCUT2D eigenvalue weighted by Gasteiger charge is -2.32. The molecule has 1 heterocycles. The maximum Gasteiger partial charge on any atom is 0.221 e. The average molecular weight is 290 g/mol. The molecular weight excluding hydrogens is 264 g/mol. The number of carbonyl (C=O) groups is 1. The topological polar surface area (TPSA) is 50.4 Å². The highest BCUT2D eigenvalue weighted by Gasteiger charge is 2.27. The van der Waals surface area contributed by atoms with E-state index in [1.165, 1.54) is 11.1 Å². The second-order valence-corrected chi connectivity index (χ2v) is 5.76. The van der Waals surface area contributed by atoms with Gasteiger partial charge in [-0.05, 0) is 32.4 Å². The van der Waals surface area contributed by atoms with Crippen LogP contribution in [0.5, 0.6) is 0 Å². The molecule has 116 valence electrons. The average Bonchev–Trinajstić information content (AvgIpc) is 2.52. The smallest absolute Gasteiger partial charge is 0.221 e. The first-order chi connectivity index (χ1) is 10.2. The van der Waals surface area contributed by atoms with E-state index < -0.39 is 0 Å². The zero-order chi connectivity index (χ0) is 15.1. The van der Waals surface area contributed by atoms with Crippen molar-refractivity contribution in [2.75, 3.05) is 26.7 Å². The SMILES string of the molecule is CNCCC(=O)NCC1CCCOC1c1ccc(C)cc1. The number of benzene rings is 1. The van der Waals surface area contributed by atoms with Gasteiger partial charge in [0.05, 0.1) is 6.10 Å². The van der Waals surface area contributed by atoms with Gasteiger partial charge in [0, 0.05) is 32.0 Å². The Labute approximate surface area is 127 Å². The first kappa shape index (κ1) is 16.0. The summed E-state index contributed by atoms with van der Waals surface area (Å²) in [6.45, 7) is 4.31. The first-order valence-electron chi connectivity index (χ1n) is 7.80. The molecule has 2 atom stereocenters. The van der Waals surface area contributed by atoms with Gasteiger partial charge < -0.3 is 15.4 Å². The monoisotopic (exact) mass is 290 g/mol. The van der Waals surface area contributed by atoms with Gasteiger partial charge >= 0.3 is 0 Å². The lowest BCUT2D eigenvalue weighted by molar-refractivity contribution is -0.121. The van der Waals surface area contributed by atoms with Crippen LogP contribution in [-0.2, 0) is 9.53 Å². The number of nitrogens with one attached hydrogen (secondary N) is 2. The number of aryl methyl sites for hydroxylation is 1. The third kappa shape index (κ3) is 4.83. The summed E-state index contributed by atoms with van der Waals surface area (Å²) in [6.07, 6.45) is 2.80. The van der Waals surface area contributed by atoms with Crippen molar-refractivity contribution in [2.24, 2.45) is 5.92 Å². The molecule has 0 spiro atoms. The van der Waals surface area contributed by atoms with Crippen LogP contribution in [0.2, 0.25) is 0 Å². The van der Waals surface area contributed by atoms with E-state index in [0.717, 1.165) is 19.4 Å². The number of hydrogen-bond acceptors (Lipinski definition) is 3. The second kappa shape index (κ2) is 8.15. The maximum absolute atomic E-state index is 11.7. The molecular formula is C17H26N2O2. The molecule has 1 fully saturated rings. The zero-order valence-corrected chi connectivity index (χ0v) is 13.0. The van der Waals surface area contributed by atoms with Crippen molar-refractivity contribution in [2.45, 2.75) is 32.3 Å². The molecule has 2 N–H and O–H groups in total. The van der Waals surface area contributed by atoms with E-state index in [1.807, 2.05) is 7.05 Å². The molecule has 1 saturated heterocycles. The molecule has 0 saturated carbocycles. The molecule has 0 aromatic heterocycles. The molecule has 1 aliphatic rings. The van der Waals surface area contributed by atoms with Crippen LogP contribution in [-0.4, -0.2) is 32.7 Å². The molecule has 1 aliphatic heterocycles. The molecule has 21 heavy (non-hydrogen) atoms. The summed E-state index contributed by atoms with van der Waals surface area (Å²) in [6, 6.07) is 8.52. The Kier molecular flexibility index (Phi) is 6.21. The van der Waals surface area contributed by atoms with Crippen LogP contribution < -0.4 is 10.6 Å². The van der Waals surface area contributed by atoms with Crippen LogP contribution in [0.4, 0.5) is 0 Å². The molecule has 2 rings (SSSR count). The minimum atomic E-state index is 0.101. The predicted octanol–water partition coefficient (Wildman–Crippen LogP) is 2.19. The fraction of sp³-hybridized carbons (Fsp3) is 0.588. The lowest BCUT2D eigenvalue weighted by Crippen LogP contribution is -2.35. The maximum atomic E-state index is 11.7. The quantitative estimate of drug-likeness (QED) is 0.844. The summed E-state index contributed by atoms with van der Waals surface area (Å²) in [5, 5.41) is 6.03. The lowest BCUT2D eigenvalue weighted by atomic mass is 9.89. The van der Waals surface area contributed by atoms with Crippen molar-refractivity contribution in [1.82, 2.24) is 10.6 Å². The van der Waals surface area contributed by atoms with Crippen molar-refractivity contribution in [3.8, 4) is 0 Å². The standard InChI is InChI=1S/C17H26N2O2/c1-13-5-7-14(8-6-13)17-15(4-3-11-21-17)12-19-16(20)9-10-18-2/h5-8,15,17-18H,3-4,9-12H2,1-2H3,(H,19,20). The fourth-order valence-electron chi connectivity index (χ4n) is 2.75. The number of amides is 1. The molecule has 0 aliphatic carbocycles. The van der Waals surface area contributed by atoms with Gasteiger partial charge in [-0.2, -0.15) is 0 Å². The number of carbonyl (C=O) groups excluding carboxylic acids is 1. The fourth-order valence-corrected chi connectivity index (χ4v) is 2.75. The van der Waals surface area contributed by atoms with Crippen LogP contribution in [0.15, 0.2) is 24.3 Å². The number of ether oxygens (including phenoxy) is 1. The Balaban J connectivity index is 1.92. The van der Waals surface area contributed by atoms with Gasteiger partial charge in [-0.15, -0.1) is 0 Å². The Hall–Kier alpha value is -1.39. The Bertz CT molecular complexity index is 445. The Morgan fingerprint density at radius 2 is 2.10 bits per heavy atom. The summed E-state index contributed by atoms with van der Waals surface area (Å²) in [5.74, 6) is 0.470. The minimum absolute atomic E-state index is 0.101. The second-order valence-electron chi connectivity index (χ2n) is 5.76. The molecule has 0 radical (unpaired) electrons. The van der Waals surface area contributed by atoms with E-state index in [9.17, 15) is 4.79 Å². The van der Waals surface area contributed by atoms with Crippen LogP contribution in [0.1, 0.15) is 36.5 Å². The molecule has 4 heteroatoms. The highest BCUT2D eigenvalue weighted by molar-refractivity contribution is 5.76. The largest absolute Gasteiger partial charge is 0.373 e. The molecule has 4 nitrogen and oxygen atoms in total. The van der Waals surface area contributed by atoms with Crippen molar-refractivity contribution in [3.63, 3.8) is 0 Å². The normalized spacial score (nSPS) is 22.0. The van der Waals surface area contributed by atoms with E-state index in [1.54, 1.807) is 0 Å². The van der Waals surface area contributed by atoms with Crippen LogP contribution in [0.25, 0.3) is 0 Å². The third-order valence-corrected chi connectivity index (χ3v) is 4.01. The summed E-state index contributed by atoms with van der Waals surface area (Å²) in [7, 11) is 1.86. The predicted molar refractivity (Wildman–Crippen MR) is 84.1 cm³/mol. The molecule has 2 unspecified atom stereocenters. The first-order valence-corrected chi connectivity index (χ1v) is 7.80. The Morgan fingerprint density at radius 1 is 1.33 bits per heavy atom. The molecule has 0 bridgehead atoms. The van der Waals surface area contributed by atoms with Gasteiger partial charge in [0.1, 0.15) is 0 Å². The van der Waals surface area contributed by atoms with Crippen LogP contribution >= 0.6 is 0 Å². The van der Waals surface area contributed by atoms with E-state index in [2.05, 4.69) is 41.8 Å². The van der Waals surface area contributed by atoms with Crippen LogP contribution in [0.3, 0.4) is 0 Å². The zero-order valence-electron chi connectivity index (χ0n) is 13.0. The molecule has 1 amide bonds. The van der Waals surface area contributed by atoms with Crippen molar-refractivity contribution >= 4 is 5.91 Å². The van der Waals surface area contributed by atoms with Gasteiger partial charge in [-0.25, -0.2) is 0 Å². The molecule has 1 aromatic carbocycles.